The Morgan fingerprint density at radius 1 is 0.889 bits per heavy atom. The molecule has 1 aliphatic carbocycles. The molecule has 0 amide bonds. The highest BCUT2D eigenvalue weighted by atomic mass is 19.1. The smallest absolute Gasteiger partial charge is 0.317 e. The van der Waals surface area contributed by atoms with Crippen molar-refractivity contribution in [3.05, 3.63) is 107 Å². The second-order valence-corrected chi connectivity index (χ2v) is 9.22. The Bertz CT molecular complexity index is 1220. The van der Waals surface area contributed by atoms with Gasteiger partial charge in [0.2, 0.25) is 0 Å². The molecule has 36 heavy (non-hydrogen) atoms. The van der Waals surface area contributed by atoms with E-state index < -0.39 is 53.3 Å². The molecule has 186 valence electrons. The summed E-state index contributed by atoms with van der Waals surface area (Å²) in [6.45, 7) is 1.23. The molecular weight excluding hydrogens is 463 g/mol. The molecule has 0 bridgehead atoms. The third-order valence-electron chi connectivity index (χ3n) is 6.46. The summed E-state index contributed by atoms with van der Waals surface area (Å²) in [5.41, 5.74) is -0.134. The number of halogens is 1. The molecule has 3 aromatic carbocycles. The van der Waals surface area contributed by atoms with Crippen molar-refractivity contribution in [1.29, 1.82) is 0 Å². The number of esters is 2. The molecule has 0 spiro atoms. The standard InChI is InChI=1S/C29H27FO6/c1-29(34)16-23(31)25(27(32)35-17-19-9-4-2-5-10-19)24(21-13-8-14-22(30)15-21)26(29)28(33)36-18-20-11-6-3-7-12-20/h2-15,24-26,34H,16-18H2,1H3/t24-,25-,26-,29-/m0/s1. The number of hydrogen-bond acceptors (Lipinski definition) is 6. The van der Waals surface area contributed by atoms with Crippen molar-refractivity contribution in [1.82, 2.24) is 0 Å². The van der Waals surface area contributed by atoms with Crippen LogP contribution < -0.4 is 0 Å². The van der Waals surface area contributed by atoms with Crippen LogP contribution in [0, 0.1) is 17.7 Å². The first-order valence-corrected chi connectivity index (χ1v) is 11.7. The van der Waals surface area contributed by atoms with Crippen molar-refractivity contribution in [2.45, 2.75) is 38.1 Å². The summed E-state index contributed by atoms with van der Waals surface area (Å²) < 4.78 is 25.2. The third-order valence-corrected chi connectivity index (χ3v) is 6.46. The van der Waals surface area contributed by atoms with Gasteiger partial charge in [-0.3, -0.25) is 14.4 Å². The molecule has 0 heterocycles. The Kier molecular flexibility index (Phi) is 7.60. The lowest BCUT2D eigenvalue weighted by Gasteiger charge is -2.43. The van der Waals surface area contributed by atoms with Crippen LogP contribution in [0.4, 0.5) is 4.39 Å². The van der Waals surface area contributed by atoms with E-state index in [4.69, 9.17) is 9.47 Å². The van der Waals surface area contributed by atoms with Crippen LogP contribution in [0.15, 0.2) is 84.9 Å². The molecule has 0 saturated heterocycles. The number of carbonyl (C=O) groups excluding carboxylic acids is 3. The molecule has 1 aliphatic rings. The summed E-state index contributed by atoms with van der Waals surface area (Å²) in [5.74, 6) is -6.71. The van der Waals surface area contributed by atoms with Gasteiger partial charge in [0.15, 0.2) is 5.78 Å². The Labute approximate surface area is 208 Å². The number of hydrogen-bond donors (Lipinski definition) is 1. The minimum absolute atomic E-state index is 0.0564. The number of carbonyl (C=O) groups is 3. The lowest BCUT2D eigenvalue weighted by Crippen LogP contribution is -2.55. The SMILES string of the molecule is C[C@]1(O)CC(=O)[C@H](C(=O)OCc2ccccc2)[C@H](c2cccc(F)c2)[C@H]1C(=O)OCc1ccccc1. The van der Waals surface area contributed by atoms with Crippen LogP contribution in [0.1, 0.15) is 36.0 Å². The minimum atomic E-state index is -1.82. The zero-order valence-electron chi connectivity index (χ0n) is 19.8. The van der Waals surface area contributed by atoms with Gasteiger partial charge >= 0.3 is 11.9 Å². The highest BCUT2D eigenvalue weighted by molar-refractivity contribution is 6.02. The number of ether oxygens (including phenoxy) is 2. The van der Waals surface area contributed by atoms with E-state index in [1.54, 1.807) is 48.5 Å². The number of benzene rings is 3. The molecule has 4 atom stereocenters. The highest BCUT2D eigenvalue weighted by Crippen LogP contribution is 2.47. The largest absolute Gasteiger partial charge is 0.461 e. The van der Waals surface area contributed by atoms with Crippen molar-refractivity contribution in [2.24, 2.45) is 11.8 Å². The van der Waals surface area contributed by atoms with E-state index in [1.165, 1.54) is 25.1 Å². The van der Waals surface area contributed by atoms with Gasteiger partial charge in [-0.2, -0.15) is 0 Å². The summed E-state index contributed by atoms with van der Waals surface area (Å²) in [7, 11) is 0. The Hall–Kier alpha value is -3.84. The quantitative estimate of drug-likeness (QED) is 0.391. The molecule has 1 N–H and O–H groups in total. The zero-order chi connectivity index (χ0) is 25.7. The molecular formula is C29H27FO6. The van der Waals surface area contributed by atoms with Crippen LogP contribution in [-0.2, 0) is 37.1 Å². The van der Waals surface area contributed by atoms with E-state index >= 15 is 0 Å². The summed E-state index contributed by atoms with van der Waals surface area (Å²) in [4.78, 5) is 39.8. The maximum Gasteiger partial charge on any atom is 0.317 e. The lowest BCUT2D eigenvalue weighted by molar-refractivity contribution is -0.174. The zero-order valence-corrected chi connectivity index (χ0v) is 19.8. The Balaban J connectivity index is 1.66. The molecule has 1 saturated carbocycles. The number of aliphatic hydroxyl groups is 1. The molecule has 7 heteroatoms. The maximum absolute atomic E-state index is 14.2. The first kappa shape index (κ1) is 25.3. The van der Waals surface area contributed by atoms with Gasteiger partial charge in [-0.15, -0.1) is 0 Å². The van der Waals surface area contributed by atoms with Gasteiger partial charge in [0, 0.05) is 12.3 Å². The molecule has 0 radical (unpaired) electrons. The fraction of sp³-hybridized carbons (Fsp3) is 0.276. The van der Waals surface area contributed by atoms with Gasteiger partial charge in [-0.1, -0.05) is 72.8 Å². The first-order valence-electron chi connectivity index (χ1n) is 11.7. The van der Waals surface area contributed by atoms with Crippen LogP contribution in [0.25, 0.3) is 0 Å². The van der Waals surface area contributed by atoms with Gasteiger partial charge in [0.25, 0.3) is 0 Å². The van der Waals surface area contributed by atoms with Crippen molar-refractivity contribution in [3.8, 4) is 0 Å². The van der Waals surface area contributed by atoms with Crippen molar-refractivity contribution >= 4 is 17.7 Å². The topological polar surface area (TPSA) is 89.9 Å². The molecule has 6 nitrogen and oxygen atoms in total. The number of Topliss-reactive ketones (excluding diaryl/α,β-unsaturated/α-hetero) is 1. The van der Waals surface area contributed by atoms with Crippen molar-refractivity contribution < 1.29 is 33.4 Å². The molecule has 3 aromatic rings. The molecule has 0 aromatic heterocycles. The van der Waals surface area contributed by atoms with Crippen LogP contribution >= 0.6 is 0 Å². The predicted octanol–water partition coefficient (Wildman–Crippen LogP) is 4.35. The van der Waals surface area contributed by atoms with Gasteiger partial charge in [-0.05, 0) is 35.7 Å². The van der Waals surface area contributed by atoms with E-state index in [-0.39, 0.29) is 18.8 Å². The van der Waals surface area contributed by atoms with Gasteiger partial charge in [0.05, 0.1) is 11.5 Å². The second kappa shape index (κ2) is 10.8. The van der Waals surface area contributed by atoms with E-state index in [2.05, 4.69) is 0 Å². The average molecular weight is 491 g/mol. The summed E-state index contributed by atoms with van der Waals surface area (Å²) >= 11 is 0. The Morgan fingerprint density at radius 2 is 1.44 bits per heavy atom. The van der Waals surface area contributed by atoms with Crippen molar-refractivity contribution in [2.75, 3.05) is 0 Å². The molecule has 0 aliphatic heterocycles. The number of rotatable bonds is 7. The summed E-state index contributed by atoms with van der Waals surface area (Å²) in [5, 5.41) is 11.2. The molecule has 4 rings (SSSR count). The predicted molar refractivity (Wildman–Crippen MR) is 129 cm³/mol. The van der Waals surface area contributed by atoms with E-state index in [0.29, 0.717) is 0 Å². The van der Waals surface area contributed by atoms with Crippen LogP contribution in [-0.4, -0.2) is 28.4 Å². The Morgan fingerprint density at radius 3 is 2.00 bits per heavy atom. The fourth-order valence-electron chi connectivity index (χ4n) is 4.77. The lowest BCUT2D eigenvalue weighted by atomic mass is 9.61. The normalized spacial score (nSPS) is 23.6. The van der Waals surface area contributed by atoms with Crippen LogP contribution in [0.5, 0.6) is 0 Å². The third kappa shape index (κ3) is 5.69. The van der Waals surface area contributed by atoms with Gasteiger partial charge in [-0.25, -0.2) is 4.39 Å². The maximum atomic E-state index is 14.2. The molecule has 1 fully saturated rings. The van der Waals surface area contributed by atoms with Crippen LogP contribution in [0.3, 0.4) is 0 Å². The fourth-order valence-corrected chi connectivity index (χ4v) is 4.77. The second-order valence-electron chi connectivity index (χ2n) is 9.22. The number of ketones is 1. The molecule has 0 unspecified atom stereocenters. The monoisotopic (exact) mass is 490 g/mol. The van der Waals surface area contributed by atoms with E-state index in [1.807, 2.05) is 12.1 Å². The first-order chi connectivity index (χ1) is 17.3. The van der Waals surface area contributed by atoms with Crippen LogP contribution in [0.2, 0.25) is 0 Å². The average Bonchev–Trinajstić information content (AvgIpc) is 2.86. The summed E-state index contributed by atoms with van der Waals surface area (Å²) in [6, 6.07) is 23.3. The highest BCUT2D eigenvalue weighted by Gasteiger charge is 2.57. The van der Waals surface area contributed by atoms with Crippen molar-refractivity contribution in [3.63, 3.8) is 0 Å². The summed E-state index contributed by atoms with van der Waals surface area (Å²) in [6.07, 6.45) is -0.449. The van der Waals surface area contributed by atoms with E-state index in [0.717, 1.165) is 17.2 Å². The van der Waals surface area contributed by atoms with Gasteiger partial charge in [0.1, 0.15) is 24.9 Å². The minimum Gasteiger partial charge on any atom is -0.461 e. The van der Waals surface area contributed by atoms with Gasteiger partial charge < -0.3 is 14.6 Å². The van der Waals surface area contributed by atoms with E-state index in [9.17, 15) is 23.9 Å².